The average Bonchev–Trinajstić information content (AvgIpc) is 2.23. The SMILES string of the molecule is C[C@@H]1C/C=C\C(C)(C)CC(=O)[C@H](C)CCC1=O. The van der Waals surface area contributed by atoms with E-state index >= 15 is 0 Å². The van der Waals surface area contributed by atoms with Crippen molar-refractivity contribution in [2.24, 2.45) is 17.3 Å². The van der Waals surface area contributed by atoms with E-state index in [0.717, 1.165) is 6.42 Å². The van der Waals surface area contributed by atoms with Gasteiger partial charge in [-0.1, -0.05) is 39.8 Å². The fraction of sp³-hybridized carbons (Fsp3) is 0.733. The Morgan fingerprint density at radius 1 is 1.12 bits per heavy atom. The summed E-state index contributed by atoms with van der Waals surface area (Å²) in [6.45, 7) is 8.08. The van der Waals surface area contributed by atoms with Crippen LogP contribution in [0, 0.1) is 17.3 Å². The molecule has 1 aliphatic carbocycles. The van der Waals surface area contributed by atoms with Crippen LogP contribution in [0.1, 0.15) is 53.4 Å². The van der Waals surface area contributed by atoms with Gasteiger partial charge in [0.15, 0.2) is 0 Å². The Morgan fingerprint density at radius 2 is 1.76 bits per heavy atom. The number of carbonyl (C=O) groups excluding carboxylic acids is 2. The zero-order valence-electron chi connectivity index (χ0n) is 11.5. The van der Waals surface area contributed by atoms with Crippen LogP contribution >= 0.6 is 0 Å². The van der Waals surface area contributed by atoms with Gasteiger partial charge in [-0.25, -0.2) is 0 Å². The second-order valence-corrected chi connectivity index (χ2v) is 6.08. The van der Waals surface area contributed by atoms with Crippen molar-refractivity contribution in [1.29, 1.82) is 0 Å². The molecule has 0 bridgehead atoms. The summed E-state index contributed by atoms with van der Waals surface area (Å²) in [6.07, 6.45) is 6.77. The fourth-order valence-electron chi connectivity index (χ4n) is 2.17. The molecule has 0 N–H and O–H groups in total. The summed E-state index contributed by atoms with van der Waals surface area (Å²) < 4.78 is 0. The van der Waals surface area contributed by atoms with Crippen LogP contribution < -0.4 is 0 Å². The van der Waals surface area contributed by atoms with Crippen LogP contribution in [-0.2, 0) is 9.59 Å². The molecule has 0 amide bonds. The maximum Gasteiger partial charge on any atom is 0.136 e. The summed E-state index contributed by atoms with van der Waals surface area (Å²) in [7, 11) is 0. The van der Waals surface area contributed by atoms with Gasteiger partial charge in [-0.2, -0.15) is 0 Å². The van der Waals surface area contributed by atoms with Crippen molar-refractivity contribution in [3.8, 4) is 0 Å². The monoisotopic (exact) mass is 236 g/mol. The third-order valence-corrected chi connectivity index (χ3v) is 3.61. The van der Waals surface area contributed by atoms with E-state index in [1.807, 2.05) is 13.8 Å². The Kier molecular flexibility index (Phi) is 4.67. The first kappa shape index (κ1) is 14.1. The van der Waals surface area contributed by atoms with E-state index in [2.05, 4.69) is 26.0 Å². The molecule has 2 nitrogen and oxygen atoms in total. The lowest BCUT2D eigenvalue weighted by atomic mass is 9.83. The van der Waals surface area contributed by atoms with Crippen molar-refractivity contribution in [1.82, 2.24) is 0 Å². The Morgan fingerprint density at radius 3 is 2.41 bits per heavy atom. The quantitative estimate of drug-likeness (QED) is 0.603. The van der Waals surface area contributed by atoms with Gasteiger partial charge in [0.1, 0.15) is 11.6 Å². The number of Topliss-reactive ketones (excluding diaryl/α,β-unsaturated/α-hetero) is 2. The number of carbonyl (C=O) groups is 2. The molecule has 0 aliphatic heterocycles. The lowest BCUT2D eigenvalue weighted by Gasteiger charge is -2.21. The molecule has 96 valence electrons. The van der Waals surface area contributed by atoms with Gasteiger partial charge in [-0.15, -0.1) is 0 Å². The Balaban J connectivity index is 2.84. The Bertz CT molecular complexity index is 326. The average molecular weight is 236 g/mol. The van der Waals surface area contributed by atoms with Gasteiger partial charge < -0.3 is 0 Å². The van der Waals surface area contributed by atoms with Crippen LogP contribution in [0.3, 0.4) is 0 Å². The molecular weight excluding hydrogens is 212 g/mol. The highest BCUT2D eigenvalue weighted by Crippen LogP contribution is 2.27. The zero-order valence-corrected chi connectivity index (χ0v) is 11.5. The number of ketones is 2. The Labute approximate surface area is 104 Å². The molecule has 0 aromatic heterocycles. The molecule has 0 saturated carbocycles. The van der Waals surface area contributed by atoms with Crippen molar-refractivity contribution >= 4 is 11.6 Å². The minimum atomic E-state index is -0.0849. The molecule has 2 atom stereocenters. The second kappa shape index (κ2) is 5.61. The fourth-order valence-corrected chi connectivity index (χ4v) is 2.17. The smallest absolute Gasteiger partial charge is 0.136 e. The van der Waals surface area contributed by atoms with Crippen LogP contribution in [0.5, 0.6) is 0 Å². The normalized spacial score (nSPS) is 32.9. The molecule has 0 aromatic rings. The van der Waals surface area contributed by atoms with Crippen molar-refractivity contribution < 1.29 is 9.59 Å². The molecule has 0 heterocycles. The molecule has 0 radical (unpaired) electrons. The lowest BCUT2D eigenvalue weighted by Crippen LogP contribution is -2.20. The number of rotatable bonds is 0. The third kappa shape index (κ3) is 4.45. The van der Waals surface area contributed by atoms with Gasteiger partial charge in [-0.3, -0.25) is 9.59 Å². The van der Waals surface area contributed by atoms with Crippen LogP contribution in [0.15, 0.2) is 12.2 Å². The molecule has 17 heavy (non-hydrogen) atoms. The van der Waals surface area contributed by atoms with Crippen molar-refractivity contribution in [2.45, 2.75) is 53.4 Å². The molecule has 0 unspecified atom stereocenters. The first-order valence-electron chi connectivity index (χ1n) is 6.55. The maximum atomic E-state index is 12.0. The molecule has 1 rings (SSSR count). The van der Waals surface area contributed by atoms with Gasteiger partial charge in [0.2, 0.25) is 0 Å². The molecule has 0 aromatic carbocycles. The molecule has 2 heteroatoms. The minimum Gasteiger partial charge on any atom is -0.299 e. The highest BCUT2D eigenvalue weighted by atomic mass is 16.1. The number of allylic oxidation sites excluding steroid dienone is 2. The van der Waals surface area contributed by atoms with Crippen LogP contribution in [0.25, 0.3) is 0 Å². The first-order valence-corrected chi connectivity index (χ1v) is 6.55. The third-order valence-electron chi connectivity index (χ3n) is 3.61. The number of hydrogen-bond acceptors (Lipinski definition) is 2. The molecule has 0 saturated heterocycles. The predicted octanol–water partition coefficient (Wildman–Crippen LogP) is 3.55. The molecule has 0 fully saturated rings. The summed E-state index contributed by atoms with van der Waals surface area (Å²) in [5.41, 5.74) is -0.0849. The van der Waals surface area contributed by atoms with E-state index in [1.54, 1.807) is 0 Å². The van der Waals surface area contributed by atoms with E-state index in [0.29, 0.717) is 19.3 Å². The summed E-state index contributed by atoms with van der Waals surface area (Å²) in [5.74, 6) is 0.662. The van der Waals surface area contributed by atoms with E-state index in [4.69, 9.17) is 0 Å². The summed E-state index contributed by atoms with van der Waals surface area (Å²) in [6, 6.07) is 0. The van der Waals surface area contributed by atoms with E-state index in [-0.39, 0.29) is 28.8 Å². The van der Waals surface area contributed by atoms with Gasteiger partial charge in [0.25, 0.3) is 0 Å². The molecule has 1 aliphatic rings. The van der Waals surface area contributed by atoms with Crippen molar-refractivity contribution in [2.75, 3.05) is 0 Å². The molecule has 0 spiro atoms. The lowest BCUT2D eigenvalue weighted by molar-refractivity contribution is -0.125. The molecular formula is C15H24O2. The van der Waals surface area contributed by atoms with Gasteiger partial charge >= 0.3 is 0 Å². The van der Waals surface area contributed by atoms with Crippen molar-refractivity contribution in [3.63, 3.8) is 0 Å². The highest BCUT2D eigenvalue weighted by molar-refractivity contribution is 5.84. The Hall–Kier alpha value is -0.920. The van der Waals surface area contributed by atoms with Crippen LogP contribution in [-0.4, -0.2) is 11.6 Å². The van der Waals surface area contributed by atoms with Crippen molar-refractivity contribution in [3.05, 3.63) is 12.2 Å². The van der Waals surface area contributed by atoms with Gasteiger partial charge in [-0.05, 0) is 18.3 Å². The van der Waals surface area contributed by atoms with Crippen LogP contribution in [0.4, 0.5) is 0 Å². The minimum absolute atomic E-state index is 0.0110. The second-order valence-electron chi connectivity index (χ2n) is 6.08. The standard InChI is InChI=1S/C15H24O2/c1-11-6-5-9-15(3,4)10-14(17)12(2)7-8-13(11)16/h5,9,11-12H,6-8,10H2,1-4H3/b9-5-/t11-,12-/m1/s1. The zero-order chi connectivity index (χ0) is 13.1. The highest BCUT2D eigenvalue weighted by Gasteiger charge is 2.24. The number of hydrogen-bond donors (Lipinski definition) is 0. The maximum absolute atomic E-state index is 12.0. The largest absolute Gasteiger partial charge is 0.299 e. The predicted molar refractivity (Wildman–Crippen MR) is 69.7 cm³/mol. The summed E-state index contributed by atoms with van der Waals surface area (Å²) in [5, 5.41) is 0. The first-order chi connectivity index (χ1) is 7.82. The summed E-state index contributed by atoms with van der Waals surface area (Å²) in [4.78, 5) is 23.8. The summed E-state index contributed by atoms with van der Waals surface area (Å²) >= 11 is 0. The van der Waals surface area contributed by atoms with Crippen LogP contribution in [0.2, 0.25) is 0 Å². The van der Waals surface area contributed by atoms with E-state index < -0.39 is 0 Å². The van der Waals surface area contributed by atoms with Gasteiger partial charge in [0.05, 0.1) is 0 Å². The topological polar surface area (TPSA) is 34.1 Å². The van der Waals surface area contributed by atoms with Gasteiger partial charge in [0, 0.05) is 24.7 Å². The van der Waals surface area contributed by atoms with E-state index in [1.165, 1.54) is 0 Å². The van der Waals surface area contributed by atoms with E-state index in [9.17, 15) is 9.59 Å².